The van der Waals surface area contributed by atoms with Crippen LogP contribution < -0.4 is 0 Å². The second kappa shape index (κ2) is 84.6. The fourth-order valence-corrected chi connectivity index (χ4v) is 7.38. The molecule has 1 unspecified atom stereocenters. The van der Waals surface area contributed by atoms with Gasteiger partial charge in [0.1, 0.15) is 0 Å². The van der Waals surface area contributed by atoms with Crippen molar-refractivity contribution in [3.8, 4) is 0 Å². The molecule has 0 amide bonds. The third-order valence-corrected chi connectivity index (χ3v) is 16.2. The Kier molecular flexibility index (Phi) is 117. The molecule has 0 nitrogen and oxygen atoms in total. The van der Waals surface area contributed by atoms with Crippen LogP contribution in [-0.4, -0.2) is 30.4 Å². The van der Waals surface area contributed by atoms with Gasteiger partial charge >= 0.3 is 24.7 Å². The highest BCUT2D eigenvalue weighted by Gasteiger charge is 2.66. The highest BCUT2D eigenvalue weighted by molar-refractivity contribution is 4.88. The predicted molar refractivity (Wildman–Crippen MR) is 350 cm³/mol. The van der Waals surface area contributed by atoms with Gasteiger partial charge in [0.15, 0.2) is 11.1 Å². The molecule has 0 aromatic carbocycles. The number of hydrogen-bond acceptors (Lipinski definition) is 0. The van der Waals surface area contributed by atoms with Crippen LogP contribution in [0, 0.1) is 57.2 Å². The normalized spacial score (nSPS) is 16.2. The van der Waals surface area contributed by atoms with Crippen molar-refractivity contribution in [1.29, 1.82) is 0 Å². The fourth-order valence-electron chi connectivity index (χ4n) is 7.38. The molecule has 5 rings (SSSR count). The van der Waals surface area contributed by atoms with E-state index in [1.807, 2.05) is 13.8 Å². The molecule has 5 aliphatic rings. The first-order valence-electron chi connectivity index (χ1n) is 33.6. The van der Waals surface area contributed by atoms with E-state index in [1.165, 1.54) is 181 Å². The summed E-state index contributed by atoms with van der Waals surface area (Å²) in [6, 6.07) is 0. The van der Waals surface area contributed by atoms with Gasteiger partial charge in [-0.3, -0.25) is 9.41 Å². The van der Waals surface area contributed by atoms with Crippen molar-refractivity contribution < 1.29 is 131 Å². The molecule has 0 saturated heterocycles. The fraction of sp³-hybridized carbons (Fsp3) is 1.00. The van der Waals surface area contributed by atoms with Gasteiger partial charge in [0.25, 0.3) is 0 Å². The summed E-state index contributed by atoms with van der Waals surface area (Å²) in [4.78, 5) is 0. The van der Waals surface area contributed by atoms with Gasteiger partial charge < -0.3 is 0 Å². The lowest BCUT2D eigenvalue weighted by Gasteiger charge is -2.33. The summed E-state index contributed by atoms with van der Waals surface area (Å²) in [5.41, 5.74) is -4.79. The summed E-state index contributed by atoms with van der Waals surface area (Å²) in [6.45, 7) is 47.4. The molecule has 97 heavy (non-hydrogen) atoms. The lowest BCUT2D eigenvalue weighted by molar-refractivity contribution is -0.335. The van der Waals surface area contributed by atoms with Crippen LogP contribution in [0.1, 0.15) is 353 Å². The minimum Gasteiger partial charge on any atom is -0.269 e. The molecule has 1 atom stereocenters. The summed E-state index contributed by atoms with van der Waals surface area (Å²) in [5.74, 6) is 4.16. The molecule has 5 fully saturated rings. The van der Waals surface area contributed by atoms with Crippen LogP contribution in [0.2, 0.25) is 0 Å². The van der Waals surface area contributed by atoms with E-state index in [1.54, 1.807) is 0 Å². The number of hydrogen-bond donors (Lipinski definition) is 0. The van der Waals surface area contributed by atoms with Gasteiger partial charge in [-0.15, -0.1) is 0 Å². The first kappa shape index (κ1) is 134. The van der Waals surface area contributed by atoms with Crippen LogP contribution in [0.15, 0.2) is 0 Å². The molecule has 0 aromatic rings. The SMILES string of the molecule is CC.CC(C)(F)C(F)(F)F.CC1CC1.CC1CCC(C)(C)CC1.CCC.CCC(C)(C(F)(F)F)C(F)(F)F.CCC(C)(C)C.CCC(C)C(F)(F)F.CCC1CCC(C)(C)CC1.CCC1CCCC1.CCC1CCCCC1.CCCC.F.F.FF.FF.FF.FF.FF.FF.FF. The molecule has 0 spiro atoms. The molecule has 0 bridgehead atoms. The van der Waals surface area contributed by atoms with Crippen molar-refractivity contribution in [2.45, 2.75) is 383 Å². The minimum atomic E-state index is -5.24. The third-order valence-electron chi connectivity index (χ3n) is 16.2. The average Bonchev–Trinajstić information content (AvgIpc) is 1.01. The van der Waals surface area contributed by atoms with Crippen molar-refractivity contribution in [1.82, 2.24) is 0 Å². The molecular weight excluding hydrogens is 1370 g/mol. The second-order valence-corrected chi connectivity index (χ2v) is 27.1. The Labute approximate surface area is 569 Å². The smallest absolute Gasteiger partial charge is 0.269 e. The third kappa shape index (κ3) is 103. The van der Waals surface area contributed by atoms with E-state index in [4.69, 9.17) is 64.0 Å². The van der Waals surface area contributed by atoms with Gasteiger partial charge in [0.05, 0.1) is 5.92 Å². The Bertz CT molecular complexity index is 1280. The van der Waals surface area contributed by atoms with Crippen LogP contribution in [0.4, 0.5) is 131 Å². The molecular formula is C68H139F29. The van der Waals surface area contributed by atoms with Gasteiger partial charge in [-0.25, -0.2) is 4.39 Å². The Balaban J connectivity index is -0.0000000525. The lowest BCUT2D eigenvalue weighted by Crippen LogP contribution is -2.47. The molecule has 614 valence electrons. The van der Waals surface area contributed by atoms with Gasteiger partial charge in [0.2, 0.25) is 0 Å². The molecule has 29 heteroatoms. The maximum absolute atomic E-state index is 11.9. The van der Waals surface area contributed by atoms with Crippen molar-refractivity contribution in [2.75, 3.05) is 0 Å². The first-order valence-corrected chi connectivity index (χ1v) is 33.6. The monoisotopic (exact) mass is 1510 g/mol. The minimum absolute atomic E-state index is 0. The van der Waals surface area contributed by atoms with Crippen molar-refractivity contribution in [2.24, 2.45) is 57.2 Å². The highest BCUT2D eigenvalue weighted by Crippen LogP contribution is 2.52. The van der Waals surface area contributed by atoms with Crippen LogP contribution in [0.3, 0.4) is 0 Å². The molecule has 0 radical (unpaired) electrons. The predicted octanol–water partition coefficient (Wildman–Crippen LogP) is 35.1. The lowest BCUT2D eigenvalue weighted by atomic mass is 9.72. The second-order valence-electron chi connectivity index (χ2n) is 27.1. The highest BCUT2D eigenvalue weighted by atomic mass is 20.0. The Morgan fingerprint density at radius 2 is 0.557 bits per heavy atom. The molecule has 0 heterocycles. The molecule has 5 aliphatic carbocycles. The first-order chi connectivity index (χ1) is 43.7. The molecule has 0 N–H and O–H groups in total. The van der Waals surface area contributed by atoms with Crippen LogP contribution in [0.5, 0.6) is 0 Å². The topological polar surface area (TPSA) is 0 Å². The van der Waals surface area contributed by atoms with Crippen LogP contribution in [0.25, 0.3) is 0 Å². The molecule has 0 aromatic heterocycles. The van der Waals surface area contributed by atoms with Gasteiger partial charge in [-0.2, -0.15) is 52.7 Å². The maximum atomic E-state index is 11.9. The zero-order valence-corrected chi connectivity index (χ0v) is 63.8. The summed E-state index contributed by atoms with van der Waals surface area (Å²) in [5, 5.41) is 0. The van der Waals surface area contributed by atoms with Crippen molar-refractivity contribution in [3.63, 3.8) is 0 Å². The largest absolute Gasteiger partial charge is 0.421 e. The van der Waals surface area contributed by atoms with E-state index in [0.29, 0.717) is 30.1 Å². The summed E-state index contributed by atoms with van der Waals surface area (Å²) in [6.07, 6.45) is 17.5. The number of unbranched alkanes of at least 4 members (excludes halogenated alkanes) is 1. The van der Waals surface area contributed by atoms with E-state index in [0.717, 1.165) is 36.5 Å². The van der Waals surface area contributed by atoms with E-state index in [2.05, 4.69) is 118 Å². The molecule has 0 aliphatic heterocycles. The van der Waals surface area contributed by atoms with E-state index in [9.17, 15) is 57.1 Å². The summed E-state index contributed by atoms with van der Waals surface area (Å²) in [7, 11) is 0. The van der Waals surface area contributed by atoms with Crippen LogP contribution in [-0.2, 0) is 0 Å². The van der Waals surface area contributed by atoms with Gasteiger partial charge in [0, 0.05) is 64.0 Å². The standard InChI is InChI=1S/C10H20.C9H18.C8H16.C7H14.C6H8F6.C6H14.C5H9F3.C4H6F4.C4H8.C4H10.C3H8.C2H6.7F2.2FH/c1-4-9-5-7-10(2,3)8-6-9;1-8-4-6-9(2,3)7-5-8;1-2-8-6-4-3-5-7-8;1-2-7-5-3-4-6-7;1-3-4(2,5(7,8)9)6(10,11)12;1-5-6(2,3)4;1-3-4(2)5(6,7)8;1-3(2,5)4(6,7)8;1-4-2-3-4;1-3-4-2;1-3-2;8*1-2;;/h9H,4-8H2,1-3H3;8H,4-7H2,1-3H3;8H,2-7H2,1H3;7H,2-6H2,1H3;3H2,1-2H3;5H2,1-4H3;4H,3H2,1-2H3;1-2H3;4H,2-3H2,1H3;3-4H2,1-2H3;3H2,1-2H3;1-2H3;;;;;;;;2*1H. The van der Waals surface area contributed by atoms with Gasteiger partial charge in [-0.1, -0.05) is 281 Å². The van der Waals surface area contributed by atoms with Crippen LogP contribution >= 0.6 is 0 Å². The van der Waals surface area contributed by atoms with E-state index in [-0.39, 0.29) is 22.8 Å². The van der Waals surface area contributed by atoms with E-state index >= 15 is 0 Å². The number of alkyl halides is 13. The zero-order valence-electron chi connectivity index (χ0n) is 63.8. The summed E-state index contributed by atoms with van der Waals surface area (Å²) >= 11 is 0. The van der Waals surface area contributed by atoms with E-state index < -0.39 is 48.1 Å². The quantitative estimate of drug-likeness (QED) is 0.233. The molecule has 5 saturated carbocycles. The average molecular weight is 1510 g/mol. The Morgan fingerprint density at radius 3 is 0.660 bits per heavy atom. The number of halogens is 29. The number of rotatable bonds is 6. The van der Waals surface area contributed by atoms with Gasteiger partial charge in [-0.05, 0) is 118 Å². The zero-order chi connectivity index (χ0) is 79.8. The maximum Gasteiger partial charge on any atom is 0.421 e. The Hall–Kier alpha value is -2.03. The van der Waals surface area contributed by atoms with Crippen molar-refractivity contribution >= 4 is 0 Å². The summed E-state index contributed by atoms with van der Waals surface area (Å²) < 4.78 is 263. The van der Waals surface area contributed by atoms with Crippen molar-refractivity contribution in [3.05, 3.63) is 0 Å². The Morgan fingerprint density at radius 1 is 0.351 bits per heavy atom.